The number of aryl methyl sites for hydroxylation is 1. The van der Waals surface area contributed by atoms with Crippen LogP contribution in [0.4, 0.5) is 4.39 Å². The molecule has 8 heteroatoms. The van der Waals surface area contributed by atoms with Crippen LogP contribution in [0.3, 0.4) is 0 Å². The number of carbonyl (C=O) groups excluding carboxylic acids is 3. The van der Waals surface area contributed by atoms with Gasteiger partial charge < -0.3 is 13.9 Å². The lowest BCUT2D eigenvalue weighted by atomic mass is 10.1. The Morgan fingerprint density at radius 2 is 1.86 bits per heavy atom. The number of furan rings is 1. The van der Waals surface area contributed by atoms with Crippen LogP contribution in [0.15, 0.2) is 46.9 Å². The molecule has 0 fully saturated rings. The third kappa shape index (κ3) is 3.71. The number of carbonyl (C=O) groups is 3. The summed E-state index contributed by atoms with van der Waals surface area (Å²) in [5.41, 5.74) is 0.487. The van der Waals surface area contributed by atoms with Crippen molar-refractivity contribution < 1.29 is 32.7 Å². The summed E-state index contributed by atoms with van der Waals surface area (Å²) >= 11 is 0. The van der Waals surface area contributed by atoms with Gasteiger partial charge in [-0.25, -0.2) is 9.18 Å². The summed E-state index contributed by atoms with van der Waals surface area (Å²) in [6.45, 7) is 0.867. The number of amides is 2. The first-order chi connectivity index (χ1) is 13.4. The van der Waals surface area contributed by atoms with Crippen molar-refractivity contribution in [2.45, 2.75) is 6.92 Å². The van der Waals surface area contributed by atoms with Gasteiger partial charge in [0.2, 0.25) is 5.76 Å². The molecule has 0 atom stereocenters. The summed E-state index contributed by atoms with van der Waals surface area (Å²) in [7, 11) is 1.40. The van der Waals surface area contributed by atoms with E-state index < -0.39 is 30.2 Å². The molecule has 0 spiro atoms. The van der Waals surface area contributed by atoms with Crippen molar-refractivity contribution in [2.24, 2.45) is 0 Å². The average Bonchev–Trinajstić information content (AvgIpc) is 3.04. The second kappa shape index (κ2) is 7.91. The molecule has 0 saturated carbocycles. The Hall–Kier alpha value is -3.68. The smallest absolute Gasteiger partial charge is 0.375 e. The molecule has 1 N–H and O–H groups in total. The van der Waals surface area contributed by atoms with Crippen molar-refractivity contribution in [3.8, 4) is 5.75 Å². The van der Waals surface area contributed by atoms with Gasteiger partial charge in [-0.2, -0.15) is 0 Å². The normalized spacial score (nSPS) is 10.5. The molecule has 0 aliphatic carbocycles. The van der Waals surface area contributed by atoms with Gasteiger partial charge in [0.1, 0.15) is 5.75 Å². The van der Waals surface area contributed by atoms with Gasteiger partial charge >= 0.3 is 5.97 Å². The number of hydrogen-bond donors (Lipinski definition) is 1. The van der Waals surface area contributed by atoms with Crippen molar-refractivity contribution in [1.82, 2.24) is 5.32 Å². The summed E-state index contributed by atoms with van der Waals surface area (Å²) in [6, 6.07) is 10.7. The number of imide groups is 1. The highest BCUT2D eigenvalue weighted by molar-refractivity contribution is 6.07. The maximum Gasteiger partial charge on any atom is 0.375 e. The quantitative estimate of drug-likeness (QED) is 0.679. The maximum atomic E-state index is 13.8. The Labute approximate surface area is 159 Å². The fraction of sp³-hybridized carbons (Fsp3) is 0.150. The van der Waals surface area contributed by atoms with Crippen LogP contribution in [0, 0.1) is 12.7 Å². The van der Waals surface area contributed by atoms with Crippen LogP contribution in [0.1, 0.15) is 26.5 Å². The molecule has 2 aromatic carbocycles. The van der Waals surface area contributed by atoms with Crippen molar-refractivity contribution >= 4 is 28.8 Å². The van der Waals surface area contributed by atoms with Crippen LogP contribution >= 0.6 is 0 Å². The van der Waals surface area contributed by atoms with E-state index in [1.54, 1.807) is 31.2 Å². The molecule has 0 saturated heterocycles. The second-order valence-corrected chi connectivity index (χ2v) is 5.83. The number of hydrogen-bond acceptors (Lipinski definition) is 6. The number of rotatable bonds is 5. The molecule has 3 rings (SSSR count). The Bertz CT molecular complexity index is 1070. The number of benzene rings is 2. The van der Waals surface area contributed by atoms with Gasteiger partial charge in [-0.15, -0.1) is 0 Å². The maximum absolute atomic E-state index is 13.8. The second-order valence-electron chi connectivity index (χ2n) is 5.83. The van der Waals surface area contributed by atoms with E-state index in [0.717, 1.165) is 0 Å². The van der Waals surface area contributed by atoms with E-state index in [1.807, 2.05) is 0 Å². The molecule has 0 aliphatic rings. The number of esters is 1. The zero-order chi connectivity index (χ0) is 20.3. The number of halogens is 1. The van der Waals surface area contributed by atoms with Crippen LogP contribution < -0.4 is 10.1 Å². The van der Waals surface area contributed by atoms with E-state index in [-0.39, 0.29) is 16.9 Å². The van der Waals surface area contributed by atoms with Gasteiger partial charge in [0.25, 0.3) is 11.8 Å². The van der Waals surface area contributed by atoms with Gasteiger partial charge in [-0.3, -0.25) is 14.9 Å². The van der Waals surface area contributed by atoms with Gasteiger partial charge in [0.05, 0.1) is 12.7 Å². The van der Waals surface area contributed by atoms with E-state index in [4.69, 9.17) is 13.9 Å². The summed E-state index contributed by atoms with van der Waals surface area (Å²) in [5, 5.41) is 2.54. The predicted octanol–water partition coefficient (Wildman–Crippen LogP) is 3.00. The minimum absolute atomic E-state index is 0.0669. The van der Waals surface area contributed by atoms with Gasteiger partial charge in [-0.1, -0.05) is 24.3 Å². The molecule has 0 aliphatic heterocycles. The van der Waals surface area contributed by atoms with Crippen LogP contribution in [0.5, 0.6) is 5.75 Å². The standard InChI is InChI=1S/C20H16FNO6/c1-11-12-7-5-8-14(21)18(12)28-17(11)20(25)27-10-16(23)22-19(24)13-6-3-4-9-15(13)26-2/h3-9H,10H2,1-2H3,(H,22,23,24). The van der Waals surface area contributed by atoms with Crippen molar-refractivity contribution in [2.75, 3.05) is 13.7 Å². The number of fused-ring (bicyclic) bond motifs is 1. The molecular weight excluding hydrogens is 369 g/mol. The molecule has 1 heterocycles. The zero-order valence-corrected chi connectivity index (χ0v) is 15.1. The molecule has 0 unspecified atom stereocenters. The summed E-state index contributed by atoms with van der Waals surface area (Å²) in [5.74, 6) is -2.98. The summed E-state index contributed by atoms with van der Waals surface area (Å²) in [6.07, 6.45) is 0. The lowest BCUT2D eigenvalue weighted by Crippen LogP contribution is -2.34. The van der Waals surface area contributed by atoms with E-state index in [9.17, 15) is 18.8 Å². The summed E-state index contributed by atoms with van der Waals surface area (Å²) in [4.78, 5) is 36.3. The van der Waals surface area contributed by atoms with Crippen LogP contribution in [-0.2, 0) is 9.53 Å². The minimum Gasteiger partial charge on any atom is -0.496 e. The highest BCUT2D eigenvalue weighted by atomic mass is 19.1. The highest BCUT2D eigenvalue weighted by Crippen LogP contribution is 2.27. The zero-order valence-electron chi connectivity index (χ0n) is 15.1. The molecular formula is C20H16FNO6. The molecule has 0 bridgehead atoms. The Morgan fingerprint density at radius 1 is 1.11 bits per heavy atom. The van der Waals surface area contributed by atoms with Crippen LogP contribution in [0.2, 0.25) is 0 Å². The fourth-order valence-electron chi connectivity index (χ4n) is 2.66. The third-order valence-corrected chi connectivity index (χ3v) is 4.04. The van der Waals surface area contributed by atoms with Crippen molar-refractivity contribution in [3.63, 3.8) is 0 Å². The molecule has 144 valence electrons. The largest absolute Gasteiger partial charge is 0.496 e. The first-order valence-electron chi connectivity index (χ1n) is 8.24. The fourth-order valence-corrected chi connectivity index (χ4v) is 2.66. The predicted molar refractivity (Wildman–Crippen MR) is 96.7 cm³/mol. The number of methoxy groups -OCH3 is 1. The van der Waals surface area contributed by atoms with E-state index in [1.165, 1.54) is 25.3 Å². The number of ether oxygens (including phenoxy) is 2. The lowest BCUT2D eigenvalue weighted by molar-refractivity contribution is -0.123. The molecule has 1 aromatic heterocycles. The van der Waals surface area contributed by atoms with E-state index in [0.29, 0.717) is 16.7 Å². The van der Waals surface area contributed by atoms with E-state index >= 15 is 0 Å². The van der Waals surface area contributed by atoms with Gasteiger partial charge in [0.15, 0.2) is 18.0 Å². The van der Waals surface area contributed by atoms with Crippen LogP contribution in [-0.4, -0.2) is 31.5 Å². The van der Waals surface area contributed by atoms with Gasteiger partial charge in [-0.05, 0) is 25.1 Å². The minimum atomic E-state index is -0.937. The first-order valence-corrected chi connectivity index (χ1v) is 8.24. The molecule has 2 amide bonds. The Morgan fingerprint density at radius 3 is 2.57 bits per heavy atom. The van der Waals surface area contributed by atoms with Crippen LogP contribution in [0.25, 0.3) is 11.0 Å². The van der Waals surface area contributed by atoms with Crippen molar-refractivity contribution in [3.05, 3.63) is 65.2 Å². The first kappa shape index (κ1) is 19.1. The van der Waals surface area contributed by atoms with Crippen molar-refractivity contribution in [1.29, 1.82) is 0 Å². The summed E-state index contributed by atoms with van der Waals surface area (Å²) < 4.78 is 28.9. The third-order valence-electron chi connectivity index (χ3n) is 4.04. The molecule has 7 nitrogen and oxygen atoms in total. The topological polar surface area (TPSA) is 94.8 Å². The SMILES string of the molecule is COc1ccccc1C(=O)NC(=O)COC(=O)c1oc2c(F)cccc2c1C. The number of nitrogens with one attached hydrogen (secondary N) is 1. The Kier molecular flexibility index (Phi) is 5.39. The molecule has 28 heavy (non-hydrogen) atoms. The molecule has 3 aromatic rings. The lowest BCUT2D eigenvalue weighted by Gasteiger charge is -2.08. The Balaban J connectivity index is 1.65. The van der Waals surface area contributed by atoms with Gasteiger partial charge in [0, 0.05) is 10.9 Å². The number of para-hydroxylation sites is 2. The average molecular weight is 385 g/mol. The molecule has 0 radical (unpaired) electrons. The van der Waals surface area contributed by atoms with E-state index in [2.05, 4.69) is 5.32 Å². The highest BCUT2D eigenvalue weighted by Gasteiger charge is 2.22. The monoisotopic (exact) mass is 385 g/mol.